The predicted molar refractivity (Wildman–Crippen MR) is 74.0 cm³/mol. The highest BCUT2D eigenvalue weighted by Crippen LogP contribution is 2.02. The van der Waals surface area contributed by atoms with Crippen LogP contribution in [0.2, 0.25) is 0 Å². The van der Waals surface area contributed by atoms with Crippen molar-refractivity contribution < 1.29 is 14.3 Å². The fraction of sp³-hybridized carbons (Fsp3) is 0.462. The van der Waals surface area contributed by atoms with E-state index >= 15 is 0 Å². The van der Waals surface area contributed by atoms with Crippen LogP contribution in [-0.4, -0.2) is 55.6 Å². The Bertz CT molecular complexity index is 447. The minimum atomic E-state index is -0.310. The third-order valence-electron chi connectivity index (χ3n) is 2.64. The van der Waals surface area contributed by atoms with Gasteiger partial charge in [-0.2, -0.15) is 0 Å². The van der Waals surface area contributed by atoms with E-state index in [1.54, 1.807) is 32.5 Å². The molecule has 0 aliphatic carbocycles. The number of hydrogen-bond acceptors (Lipinski definition) is 5. The van der Waals surface area contributed by atoms with E-state index in [-0.39, 0.29) is 24.1 Å². The van der Waals surface area contributed by atoms with Crippen LogP contribution in [0.1, 0.15) is 16.1 Å². The van der Waals surface area contributed by atoms with Crippen molar-refractivity contribution in [3.8, 4) is 0 Å². The van der Waals surface area contributed by atoms with Crippen molar-refractivity contribution in [2.24, 2.45) is 5.73 Å². The molecule has 2 amide bonds. The van der Waals surface area contributed by atoms with Crippen LogP contribution >= 0.6 is 0 Å². The molecular formula is C13H20N4O3. The topological polar surface area (TPSA) is 97.5 Å². The smallest absolute Gasteiger partial charge is 0.272 e. The van der Waals surface area contributed by atoms with Crippen LogP contribution in [0.15, 0.2) is 18.3 Å². The summed E-state index contributed by atoms with van der Waals surface area (Å²) in [6, 6.07) is 3.34. The van der Waals surface area contributed by atoms with E-state index in [4.69, 9.17) is 10.5 Å². The normalized spacial score (nSPS) is 10.2. The van der Waals surface area contributed by atoms with E-state index < -0.39 is 0 Å². The van der Waals surface area contributed by atoms with Crippen LogP contribution in [0.25, 0.3) is 0 Å². The summed E-state index contributed by atoms with van der Waals surface area (Å²) in [7, 11) is 3.11. The molecule has 0 bridgehead atoms. The van der Waals surface area contributed by atoms with Gasteiger partial charge in [0.15, 0.2) is 0 Å². The number of nitrogens with zero attached hydrogens (tertiary/aromatic N) is 2. The van der Waals surface area contributed by atoms with Gasteiger partial charge in [-0.15, -0.1) is 0 Å². The van der Waals surface area contributed by atoms with Gasteiger partial charge >= 0.3 is 0 Å². The summed E-state index contributed by atoms with van der Waals surface area (Å²) < 4.78 is 4.82. The average Bonchev–Trinajstić information content (AvgIpc) is 2.46. The quantitative estimate of drug-likeness (QED) is 0.648. The van der Waals surface area contributed by atoms with Crippen molar-refractivity contribution in [1.29, 1.82) is 0 Å². The lowest BCUT2D eigenvalue weighted by atomic mass is 10.2. The molecule has 0 aromatic carbocycles. The van der Waals surface area contributed by atoms with Gasteiger partial charge in [-0.1, -0.05) is 6.07 Å². The molecule has 0 atom stereocenters. The van der Waals surface area contributed by atoms with E-state index in [9.17, 15) is 9.59 Å². The van der Waals surface area contributed by atoms with Crippen molar-refractivity contribution in [3.63, 3.8) is 0 Å². The molecule has 7 heteroatoms. The van der Waals surface area contributed by atoms with E-state index in [1.165, 1.54) is 4.90 Å². The first-order chi connectivity index (χ1) is 9.58. The molecule has 0 radical (unpaired) electrons. The third-order valence-corrected chi connectivity index (χ3v) is 2.64. The van der Waals surface area contributed by atoms with Gasteiger partial charge in [0.1, 0.15) is 5.69 Å². The molecule has 0 saturated heterocycles. The highest BCUT2D eigenvalue weighted by Gasteiger charge is 2.15. The number of pyridine rings is 1. The number of amides is 2. The summed E-state index contributed by atoms with van der Waals surface area (Å²) in [5.41, 5.74) is 6.60. The fourth-order valence-corrected chi connectivity index (χ4v) is 1.50. The van der Waals surface area contributed by atoms with Gasteiger partial charge in [0, 0.05) is 33.4 Å². The Labute approximate surface area is 118 Å². The molecule has 0 unspecified atom stereocenters. The van der Waals surface area contributed by atoms with Crippen molar-refractivity contribution in [2.75, 3.05) is 33.9 Å². The van der Waals surface area contributed by atoms with Gasteiger partial charge in [-0.25, -0.2) is 0 Å². The summed E-state index contributed by atoms with van der Waals surface area (Å²) in [6.07, 6.45) is 1.56. The van der Waals surface area contributed by atoms with Gasteiger partial charge in [-0.05, 0) is 11.6 Å². The third kappa shape index (κ3) is 4.94. The number of hydrogen-bond donors (Lipinski definition) is 2. The Morgan fingerprint density at radius 1 is 1.45 bits per heavy atom. The molecule has 3 N–H and O–H groups in total. The number of nitrogens with two attached hydrogens (primary N) is 1. The summed E-state index contributed by atoms with van der Waals surface area (Å²) in [5.74, 6) is -0.549. The Morgan fingerprint density at radius 2 is 2.20 bits per heavy atom. The van der Waals surface area contributed by atoms with E-state index in [0.29, 0.717) is 19.7 Å². The number of carbonyl (C=O) groups is 2. The highest BCUT2D eigenvalue weighted by molar-refractivity contribution is 5.94. The van der Waals surface area contributed by atoms with Crippen LogP contribution in [-0.2, 0) is 16.1 Å². The molecule has 0 saturated carbocycles. The van der Waals surface area contributed by atoms with Crippen molar-refractivity contribution in [3.05, 3.63) is 29.6 Å². The summed E-state index contributed by atoms with van der Waals surface area (Å²) in [5, 5.41) is 2.64. The van der Waals surface area contributed by atoms with Crippen LogP contribution in [0.5, 0.6) is 0 Å². The molecule has 1 rings (SSSR count). The number of ether oxygens (including phenoxy) is 1. The Kier molecular flexibility index (Phi) is 6.61. The Hall–Kier alpha value is -1.99. The van der Waals surface area contributed by atoms with Gasteiger partial charge < -0.3 is 20.7 Å². The van der Waals surface area contributed by atoms with Crippen molar-refractivity contribution >= 4 is 11.8 Å². The first-order valence-corrected chi connectivity index (χ1v) is 6.24. The highest BCUT2D eigenvalue weighted by atomic mass is 16.5. The van der Waals surface area contributed by atoms with Gasteiger partial charge in [0.05, 0.1) is 13.2 Å². The number of rotatable bonds is 7. The summed E-state index contributed by atoms with van der Waals surface area (Å²) >= 11 is 0. The lowest BCUT2D eigenvalue weighted by molar-refractivity contribution is -0.121. The molecule has 0 aliphatic rings. The largest absolute Gasteiger partial charge is 0.383 e. The van der Waals surface area contributed by atoms with Gasteiger partial charge in [0.25, 0.3) is 5.91 Å². The molecule has 0 fully saturated rings. The molecule has 1 aromatic heterocycles. The van der Waals surface area contributed by atoms with Crippen LogP contribution < -0.4 is 11.1 Å². The molecule has 1 aromatic rings. The van der Waals surface area contributed by atoms with Gasteiger partial charge in [0.2, 0.25) is 5.91 Å². The zero-order valence-corrected chi connectivity index (χ0v) is 11.8. The zero-order valence-electron chi connectivity index (χ0n) is 11.8. The monoisotopic (exact) mass is 280 g/mol. The lowest BCUT2D eigenvalue weighted by Crippen LogP contribution is -2.39. The molecule has 0 spiro atoms. The molecule has 1 heterocycles. The second-order valence-corrected chi connectivity index (χ2v) is 4.26. The number of nitrogens with one attached hydrogen (secondary N) is 1. The Balaban J connectivity index is 2.51. The van der Waals surface area contributed by atoms with E-state index in [0.717, 1.165) is 5.56 Å². The maximum absolute atomic E-state index is 12.0. The van der Waals surface area contributed by atoms with E-state index in [2.05, 4.69) is 10.3 Å². The first-order valence-electron chi connectivity index (χ1n) is 6.24. The average molecular weight is 280 g/mol. The van der Waals surface area contributed by atoms with Crippen LogP contribution in [0.3, 0.4) is 0 Å². The zero-order chi connectivity index (χ0) is 15.0. The molecular weight excluding hydrogens is 260 g/mol. The fourth-order valence-electron chi connectivity index (χ4n) is 1.50. The summed E-state index contributed by atoms with van der Waals surface area (Å²) in [6.45, 7) is 1.20. The minimum Gasteiger partial charge on any atom is -0.383 e. The van der Waals surface area contributed by atoms with Gasteiger partial charge in [-0.3, -0.25) is 14.6 Å². The lowest BCUT2D eigenvalue weighted by Gasteiger charge is -2.16. The number of methoxy groups -OCH3 is 1. The Morgan fingerprint density at radius 3 is 2.75 bits per heavy atom. The maximum atomic E-state index is 12.0. The summed E-state index contributed by atoms with van der Waals surface area (Å²) in [4.78, 5) is 28.9. The molecule has 0 aliphatic heterocycles. The number of aromatic nitrogens is 1. The minimum absolute atomic E-state index is 0.0249. The number of likely N-dealkylation sites (N-methyl/N-ethyl adjacent to an activating group) is 1. The standard InChI is InChI=1S/C13H20N4O3/c1-17(9-12(18)15-5-6-20-2)13(19)11-4-3-10(7-14)8-16-11/h3-4,8H,5-7,9,14H2,1-2H3,(H,15,18). The molecule has 20 heavy (non-hydrogen) atoms. The van der Waals surface area contributed by atoms with E-state index in [1.807, 2.05) is 0 Å². The SMILES string of the molecule is COCCNC(=O)CN(C)C(=O)c1ccc(CN)cn1. The second-order valence-electron chi connectivity index (χ2n) is 4.26. The molecule has 110 valence electrons. The van der Waals surface area contributed by atoms with Crippen LogP contribution in [0.4, 0.5) is 0 Å². The van der Waals surface area contributed by atoms with Crippen LogP contribution in [0, 0.1) is 0 Å². The molecule has 7 nitrogen and oxygen atoms in total. The maximum Gasteiger partial charge on any atom is 0.272 e. The predicted octanol–water partition coefficient (Wildman–Crippen LogP) is -0.625. The van der Waals surface area contributed by atoms with Crippen molar-refractivity contribution in [2.45, 2.75) is 6.54 Å². The number of carbonyl (C=O) groups excluding carboxylic acids is 2. The second kappa shape index (κ2) is 8.23. The first kappa shape index (κ1) is 16.1. The van der Waals surface area contributed by atoms with Crippen molar-refractivity contribution in [1.82, 2.24) is 15.2 Å².